The molecule has 0 aromatic heterocycles. The highest BCUT2D eigenvalue weighted by molar-refractivity contribution is 7.89. The number of carbonyl (C=O) groups excluding carboxylic acids is 1. The average molecular weight is 325 g/mol. The lowest BCUT2D eigenvalue weighted by molar-refractivity contribution is 0.102. The summed E-state index contributed by atoms with van der Waals surface area (Å²) in [5, 5.41) is 2.26. The summed E-state index contributed by atoms with van der Waals surface area (Å²) in [6, 6.07) is 8.59. The molecule has 0 saturated carbocycles. The van der Waals surface area contributed by atoms with E-state index in [1.165, 1.54) is 24.3 Å². The van der Waals surface area contributed by atoms with Crippen LogP contribution in [0.15, 0.2) is 42.5 Å². The van der Waals surface area contributed by atoms with E-state index >= 15 is 0 Å². The highest BCUT2D eigenvalue weighted by Crippen LogP contribution is 2.17. The van der Waals surface area contributed by atoms with Gasteiger partial charge in [-0.15, -0.1) is 0 Å². The summed E-state index contributed by atoms with van der Waals surface area (Å²) < 4.78 is 48.8. The second-order valence-electron chi connectivity index (χ2n) is 4.85. The molecule has 22 heavy (non-hydrogen) atoms. The number of carbonyl (C=O) groups is 1. The number of rotatable bonds is 4. The van der Waals surface area contributed by atoms with Crippen molar-refractivity contribution in [1.82, 2.24) is 0 Å². The first-order valence-corrected chi connectivity index (χ1v) is 8.34. The number of nitrogens with one attached hydrogen (secondary N) is 1. The van der Waals surface area contributed by atoms with E-state index in [2.05, 4.69) is 5.32 Å². The highest BCUT2D eigenvalue weighted by Gasteiger charge is 2.11. The number of sulfone groups is 1. The van der Waals surface area contributed by atoms with Crippen LogP contribution in [-0.4, -0.2) is 20.6 Å². The van der Waals surface area contributed by atoms with Gasteiger partial charge in [0.05, 0.1) is 11.4 Å². The molecule has 0 atom stereocenters. The van der Waals surface area contributed by atoms with Crippen LogP contribution in [0, 0.1) is 11.6 Å². The van der Waals surface area contributed by atoms with Gasteiger partial charge in [0, 0.05) is 17.9 Å². The molecule has 0 aliphatic heterocycles. The Bertz CT molecular complexity index is 802. The Morgan fingerprint density at radius 2 is 1.73 bits per heavy atom. The Kier molecular flexibility index (Phi) is 4.56. The summed E-state index contributed by atoms with van der Waals surface area (Å²) in [6.07, 6.45) is 1.11. The van der Waals surface area contributed by atoms with Crippen molar-refractivity contribution >= 4 is 21.4 Å². The lowest BCUT2D eigenvalue weighted by Crippen LogP contribution is -2.13. The number of hydrogen-bond acceptors (Lipinski definition) is 3. The molecular formula is C15H13F2NO3S. The second kappa shape index (κ2) is 6.23. The third-order valence-corrected chi connectivity index (χ3v) is 3.68. The van der Waals surface area contributed by atoms with Gasteiger partial charge in [-0.05, 0) is 29.8 Å². The van der Waals surface area contributed by atoms with Crippen LogP contribution in [-0.2, 0) is 15.6 Å². The SMILES string of the molecule is CS(=O)(=O)Cc1ccc(C(=O)Nc2cc(F)ccc2F)cc1. The van der Waals surface area contributed by atoms with E-state index in [1.807, 2.05) is 0 Å². The molecular weight excluding hydrogens is 312 g/mol. The lowest BCUT2D eigenvalue weighted by Gasteiger charge is -2.07. The minimum Gasteiger partial charge on any atom is -0.319 e. The van der Waals surface area contributed by atoms with E-state index in [4.69, 9.17) is 0 Å². The Morgan fingerprint density at radius 3 is 2.32 bits per heavy atom. The molecule has 116 valence electrons. The van der Waals surface area contributed by atoms with Crippen molar-refractivity contribution in [2.24, 2.45) is 0 Å². The van der Waals surface area contributed by atoms with Gasteiger partial charge in [0.2, 0.25) is 0 Å². The first-order valence-electron chi connectivity index (χ1n) is 6.28. The molecule has 4 nitrogen and oxygen atoms in total. The lowest BCUT2D eigenvalue weighted by atomic mass is 10.1. The summed E-state index contributed by atoms with van der Waals surface area (Å²) in [6.45, 7) is 0. The molecule has 0 radical (unpaired) electrons. The number of anilines is 1. The van der Waals surface area contributed by atoms with Crippen LogP contribution < -0.4 is 5.32 Å². The molecule has 0 unspecified atom stereocenters. The predicted molar refractivity (Wildman–Crippen MR) is 79.3 cm³/mol. The standard InChI is InChI=1S/C15H13F2NO3S/c1-22(20,21)9-10-2-4-11(5-3-10)15(19)18-14-8-12(16)6-7-13(14)17/h2-8H,9H2,1H3,(H,18,19). The van der Waals surface area contributed by atoms with Crippen molar-refractivity contribution in [3.63, 3.8) is 0 Å². The van der Waals surface area contributed by atoms with Crippen molar-refractivity contribution in [1.29, 1.82) is 0 Å². The zero-order valence-corrected chi connectivity index (χ0v) is 12.5. The third-order valence-electron chi connectivity index (χ3n) is 2.82. The summed E-state index contributed by atoms with van der Waals surface area (Å²) >= 11 is 0. The quantitative estimate of drug-likeness (QED) is 0.940. The smallest absolute Gasteiger partial charge is 0.255 e. The van der Waals surface area contributed by atoms with E-state index in [0.717, 1.165) is 24.5 Å². The molecule has 0 heterocycles. The molecule has 2 rings (SSSR count). The van der Waals surface area contributed by atoms with Gasteiger partial charge < -0.3 is 5.32 Å². The van der Waals surface area contributed by atoms with Crippen LogP contribution in [0.1, 0.15) is 15.9 Å². The average Bonchev–Trinajstić information content (AvgIpc) is 2.42. The molecule has 2 aromatic rings. The van der Waals surface area contributed by atoms with Gasteiger partial charge in [-0.25, -0.2) is 17.2 Å². The molecule has 0 spiro atoms. The van der Waals surface area contributed by atoms with Crippen LogP contribution in [0.4, 0.5) is 14.5 Å². The van der Waals surface area contributed by atoms with Crippen molar-refractivity contribution in [3.8, 4) is 0 Å². The van der Waals surface area contributed by atoms with Crippen molar-refractivity contribution in [2.75, 3.05) is 11.6 Å². The van der Waals surface area contributed by atoms with Crippen molar-refractivity contribution < 1.29 is 22.0 Å². The first kappa shape index (κ1) is 16.1. The van der Waals surface area contributed by atoms with Crippen LogP contribution in [0.25, 0.3) is 0 Å². The molecule has 0 bridgehead atoms. The Balaban J connectivity index is 2.15. The topological polar surface area (TPSA) is 63.2 Å². The normalized spacial score (nSPS) is 11.2. The maximum absolute atomic E-state index is 13.4. The number of halogens is 2. The number of amides is 1. The van der Waals surface area contributed by atoms with E-state index < -0.39 is 27.4 Å². The Morgan fingerprint density at radius 1 is 1.09 bits per heavy atom. The fraction of sp³-hybridized carbons (Fsp3) is 0.133. The van der Waals surface area contributed by atoms with Crippen molar-refractivity contribution in [2.45, 2.75) is 5.75 Å². The van der Waals surface area contributed by atoms with Gasteiger partial charge in [-0.3, -0.25) is 4.79 Å². The van der Waals surface area contributed by atoms with Gasteiger partial charge in [-0.2, -0.15) is 0 Å². The minimum absolute atomic E-state index is 0.132. The maximum Gasteiger partial charge on any atom is 0.255 e. The van der Waals surface area contributed by atoms with Gasteiger partial charge in [0.15, 0.2) is 9.84 Å². The summed E-state index contributed by atoms with van der Waals surface area (Å²) in [5.74, 6) is -2.16. The van der Waals surface area contributed by atoms with Crippen LogP contribution >= 0.6 is 0 Å². The van der Waals surface area contributed by atoms with Crippen LogP contribution in [0.2, 0.25) is 0 Å². The predicted octanol–water partition coefficient (Wildman–Crippen LogP) is 2.76. The highest BCUT2D eigenvalue weighted by atomic mass is 32.2. The molecule has 0 fully saturated rings. The third kappa shape index (κ3) is 4.36. The fourth-order valence-electron chi connectivity index (χ4n) is 1.84. The van der Waals surface area contributed by atoms with Crippen molar-refractivity contribution in [3.05, 3.63) is 65.2 Å². The summed E-state index contributed by atoms with van der Waals surface area (Å²) in [4.78, 5) is 12.0. The molecule has 0 aliphatic carbocycles. The van der Waals surface area contributed by atoms with Gasteiger partial charge in [0.25, 0.3) is 5.91 Å². The van der Waals surface area contributed by atoms with E-state index in [-0.39, 0.29) is 17.0 Å². The van der Waals surface area contributed by atoms with Crippen LogP contribution in [0.3, 0.4) is 0 Å². The largest absolute Gasteiger partial charge is 0.319 e. The van der Waals surface area contributed by atoms with E-state index in [1.54, 1.807) is 0 Å². The van der Waals surface area contributed by atoms with E-state index in [0.29, 0.717) is 5.56 Å². The monoisotopic (exact) mass is 325 g/mol. The maximum atomic E-state index is 13.4. The Hall–Kier alpha value is -2.28. The fourth-order valence-corrected chi connectivity index (χ4v) is 2.64. The summed E-state index contributed by atoms with van der Waals surface area (Å²) in [5.41, 5.74) is 0.488. The number of hydrogen-bond donors (Lipinski definition) is 1. The van der Waals surface area contributed by atoms with Crippen LogP contribution in [0.5, 0.6) is 0 Å². The molecule has 1 N–H and O–H groups in total. The summed E-state index contributed by atoms with van der Waals surface area (Å²) in [7, 11) is -3.16. The zero-order valence-electron chi connectivity index (χ0n) is 11.6. The first-order chi connectivity index (χ1) is 10.2. The zero-order chi connectivity index (χ0) is 16.3. The van der Waals surface area contributed by atoms with Gasteiger partial charge in [0.1, 0.15) is 11.6 Å². The van der Waals surface area contributed by atoms with Gasteiger partial charge in [-0.1, -0.05) is 12.1 Å². The molecule has 1 amide bonds. The van der Waals surface area contributed by atoms with E-state index in [9.17, 15) is 22.0 Å². The molecule has 2 aromatic carbocycles. The second-order valence-corrected chi connectivity index (χ2v) is 6.99. The number of benzene rings is 2. The van der Waals surface area contributed by atoms with Gasteiger partial charge >= 0.3 is 0 Å². The Labute approximate surface area is 126 Å². The molecule has 0 aliphatic rings. The minimum atomic E-state index is -3.16. The molecule has 0 saturated heterocycles. The molecule has 7 heteroatoms.